The molecule has 0 unspecified atom stereocenters. The molecule has 0 aromatic carbocycles. The zero-order valence-corrected chi connectivity index (χ0v) is 16.9. The maximum Gasteiger partial charge on any atom is 0.323 e. The fourth-order valence-electron chi connectivity index (χ4n) is 3.87. The standard InChI is InChI=1S/C17H24N6O5S/c1-22-4-8(3-9(22)17(26)27-2)29-5-10-12(24)13(25)16(28-10)23-7-21-11-14(18)19-6-20-15(11)23/h6-10,12-13,16,24-25H,3-5H2,1-2H3,(H2,18,19,20)/t8-,9-,10+,12+,13+,16+/m0/s1. The molecule has 0 spiro atoms. The first kappa shape index (κ1) is 20.3. The van der Waals surface area contributed by atoms with Gasteiger partial charge in [-0.15, -0.1) is 0 Å². The average molecular weight is 424 g/mol. The summed E-state index contributed by atoms with van der Waals surface area (Å²) in [6.45, 7) is 0.738. The van der Waals surface area contributed by atoms with E-state index in [4.69, 9.17) is 15.2 Å². The number of likely N-dealkylation sites (tertiary alicyclic amines) is 1. The summed E-state index contributed by atoms with van der Waals surface area (Å²) >= 11 is 1.61. The van der Waals surface area contributed by atoms with Crippen LogP contribution in [0.5, 0.6) is 0 Å². The highest BCUT2D eigenvalue weighted by atomic mass is 32.2. The first-order chi connectivity index (χ1) is 13.9. The molecule has 2 saturated heterocycles. The van der Waals surface area contributed by atoms with Gasteiger partial charge in [0.05, 0.1) is 19.5 Å². The van der Waals surface area contributed by atoms with Crippen LogP contribution in [0, 0.1) is 0 Å². The van der Waals surface area contributed by atoms with E-state index >= 15 is 0 Å². The van der Waals surface area contributed by atoms with E-state index in [1.165, 1.54) is 19.8 Å². The SMILES string of the molecule is COC(=O)[C@@H]1C[C@H](SC[C@H]2O[C@@H](n3cnc4c(N)ncnc43)[C@H](O)[C@@H]2O)CN1C. The number of aromatic nitrogens is 4. The summed E-state index contributed by atoms with van der Waals surface area (Å²) in [5.74, 6) is 0.473. The Balaban J connectivity index is 1.42. The molecule has 4 N–H and O–H groups in total. The lowest BCUT2D eigenvalue weighted by molar-refractivity contribution is -0.145. The molecule has 2 aromatic heterocycles. The third-order valence-electron chi connectivity index (χ3n) is 5.48. The number of likely N-dealkylation sites (N-methyl/N-ethyl adjacent to an activating group) is 1. The number of anilines is 1. The van der Waals surface area contributed by atoms with E-state index in [2.05, 4.69) is 15.0 Å². The number of hydrogen-bond acceptors (Lipinski definition) is 11. The van der Waals surface area contributed by atoms with Gasteiger partial charge in [0, 0.05) is 17.5 Å². The van der Waals surface area contributed by atoms with Gasteiger partial charge in [-0.3, -0.25) is 14.3 Å². The molecule has 2 fully saturated rings. The number of carbonyl (C=O) groups excluding carboxylic acids is 1. The molecule has 4 rings (SSSR count). The molecule has 4 heterocycles. The van der Waals surface area contributed by atoms with Crippen LogP contribution in [0.25, 0.3) is 11.2 Å². The maximum atomic E-state index is 11.8. The Morgan fingerprint density at radius 3 is 2.93 bits per heavy atom. The van der Waals surface area contributed by atoms with E-state index in [1.807, 2.05) is 11.9 Å². The number of nitrogen functional groups attached to an aromatic ring is 1. The number of nitrogens with zero attached hydrogens (tertiary/aromatic N) is 5. The van der Waals surface area contributed by atoms with Crippen LogP contribution in [0.2, 0.25) is 0 Å². The number of thioether (sulfide) groups is 1. The lowest BCUT2D eigenvalue weighted by Crippen LogP contribution is -2.33. The molecule has 0 amide bonds. The predicted molar refractivity (Wildman–Crippen MR) is 105 cm³/mol. The molecule has 0 aliphatic carbocycles. The van der Waals surface area contributed by atoms with Crippen molar-refractivity contribution < 1.29 is 24.5 Å². The number of esters is 1. The number of rotatable bonds is 5. The van der Waals surface area contributed by atoms with Crippen LogP contribution in [0.1, 0.15) is 12.6 Å². The molecular formula is C17H24N6O5S. The third kappa shape index (κ3) is 3.66. The topological polar surface area (TPSA) is 149 Å². The van der Waals surface area contributed by atoms with Gasteiger partial charge in [0.25, 0.3) is 0 Å². The smallest absolute Gasteiger partial charge is 0.323 e. The van der Waals surface area contributed by atoms with Crippen LogP contribution in [0.4, 0.5) is 5.82 Å². The number of aliphatic hydroxyl groups is 2. The van der Waals surface area contributed by atoms with Crippen LogP contribution in [0.15, 0.2) is 12.7 Å². The number of fused-ring (bicyclic) bond motifs is 1. The molecule has 11 nitrogen and oxygen atoms in total. The summed E-state index contributed by atoms with van der Waals surface area (Å²) in [6, 6.07) is -0.257. The fraction of sp³-hybridized carbons (Fsp3) is 0.647. The highest BCUT2D eigenvalue weighted by Gasteiger charge is 2.45. The molecule has 158 valence electrons. The minimum absolute atomic E-state index is 0.206. The summed E-state index contributed by atoms with van der Waals surface area (Å²) in [7, 11) is 3.28. The second kappa shape index (κ2) is 8.03. The molecule has 0 radical (unpaired) electrons. The monoisotopic (exact) mass is 424 g/mol. The van der Waals surface area contributed by atoms with Crippen molar-refractivity contribution in [1.82, 2.24) is 24.4 Å². The summed E-state index contributed by atoms with van der Waals surface area (Å²) in [5, 5.41) is 21.2. The first-order valence-electron chi connectivity index (χ1n) is 9.25. The molecule has 0 saturated carbocycles. The van der Waals surface area contributed by atoms with Crippen molar-refractivity contribution in [3.05, 3.63) is 12.7 Å². The van der Waals surface area contributed by atoms with Crippen molar-refractivity contribution in [2.24, 2.45) is 0 Å². The molecule has 2 aliphatic heterocycles. The summed E-state index contributed by atoms with van der Waals surface area (Å²) < 4.78 is 12.4. The number of hydrogen-bond donors (Lipinski definition) is 3. The molecule has 6 atom stereocenters. The highest BCUT2D eigenvalue weighted by molar-refractivity contribution is 8.00. The van der Waals surface area contributed by atoms with Crippen molar-refractivity contribution in [2.75, 3.05) is 32.2 Å². The fourth-order valence-corrected chi connectivity index (χ4v) is 5.27. The first-order valence-corrected chi connectivity index (χ1v) is 10.3. The number of carbonyl (C=O) groups is 1. The van der Waals surface area contributed by atoms with Crippen LogP contribution >= 0.6 is 11.8 Å². The van der Waals surface area contributed by atoms with Gasteiger partial charge in [0.1, 0.15) is 30.1 Å². The minimum Gasteiger partial charge on any atom is -0.468 e. The molecule has 2 aliphatic rings. The van der Waals surface area contributed by atoms with E-state index in [-0.39, 0.29) is 23.1 Å². The summed E-state index contributed by atoms with van der Waals surface area (Å²) in [4.78, 5) is 26.0. The van der Waals surface area contributed by atoms with Crippen molar-refractivity contribution >= 4 is 34.7 Å². The third-order valence-corrected chi connectivity index (χ3v) is 6.81. The van der Waals surface area contributed by atoms with Gasteiger partial charge >= 0.3 is 5.97 Å². The van der Waals surface area contributed by atoms with Crippen LogP contribution < -0.4 is 5.73 Å². The van der Waals surface area contributed by atoms with Crippen molar-refractivity contribution in [3.8, 4) is 0 Å². The van der Waals surface area contributed by atoms with Gasteiger partial charge < -0.3 is 25.4 Å². The lowest BCUT2D eigenvalue weighted by atomic mass is 10.1. The van der Waals surface area contributed by atoms with Gasteiger partial charge in [-0.25, -0.2) is 15.0 Å². The minimum atomic E-state index is -1.14. The summed E-state index contributed by atoms with van der Waals surface area (Å²) in [6.07, 6.45) is -0.134. The Morgan fingerprint density at radius 1 is 1.38 bits per heavy atom. The van der Waals surface area contributed by atoms with E-state index in [0.29, 0.717) is 23.3 Å². The van der Waals surface area contributed by atoms with E-state index < -0.39 is 24.5 Å². The van der Waals surface area contributed by atoms with Gasteiger partial charge in [-0.1, -0.05) is 0 Å². The molecule has 12 heteroatoms. The highest BCUT2D eigenvalue weighted by Crippen LogP contribution is 2.35. The zero-order chi connectivity index (χ0) is 20.7. The maximum absolute atomic E-state index is 11.8. The Kier molecular flexibility index (Phi) is 5.62. The van der Waals surface area contributed by atoms with Crippen LogP contribution in [-0.2, 0) is 14.3 Å². The molecule has 0 bridgehead atoms. The lowest BCUT2D eigenvalue weighted by Gasteiger charge is -2.17. The van der Waals surface area contributed by atoms with Crippen molar-refractivity contribution in [3.63, 3.8) is 0 Å². The molecule has 29 heavy (non-hydrogen) atoms. The van der Waals surface area contributed by atoms with Crippen LogP contribution in [0.3, 0.4) is 0 Å². The largest absolute Gasteiger partial charge is 0.468 e. The van der Waals surface area contributed by atoms with Crippen molar-refractivity contribution in [1.29, 1.82) is 0 Å². The normalized spacial score (nSPS) is 32.8. The van der Waals surface area contributed by atoms with E-state index in [0.717, 1.165) is 6.54 Å². The number of aliphatic hydroxyl groups excluding tert-OH is 2. The number of methoxy groups -OCH3 is 1. The summed E-state index contributed by atoms with van der Waals surface area (Å²) in [5.41, 5.74) is 6.66. The second-order valence-corrected chi connectivity index (χ2v) is 8.63. The zero-order valence-electron chi connectivity index (χ0n) is 16.1. The van der Waals surface area contributed by atoms with Gasteiger partial charge in [-0.05, 0) is 13.5 Å². The Morgan fingerprint density at radius 2 is 2.17 bits per heavy atom. The number of nitrogens with two attached hydrogens (primary N) is 1. The molecular weight excluding hydrogens is 400 g/mol. The second-order valence-electron chi connectivity index (χ2n) is 7.30. The van der Waals surface area contributed by atoms with E-state index in [1.54, 1.807) is 16.3 Å². The Hall–Kier alpha value is -1.99. The van der Waals surface area contributed by atoms with Crippen molar-refractivity contribution in [2.45, 2.75) is 42.3 Å². The van der Waals surface area contributed by atoms with Crippen LogP contribution in [-0.4, -0.2) is 96.7 Å². The number of imidazole rings is 1. The quantitative estimate of drug-likeness (QED) is 0.508. The molecule has 2 aromatic rings. The Bertz CT molecular complexity index is 896. The van der Waals surface area contributed by atoms with Gasteiger partial charge in [0.2, 0.25) is 0 Å². The van der Waals surface area contributed by atoms with Gasteiger partial charge in [-0.2, -0.15) is 11.8 Å². The average Bonchev–Trinajstić information content (AvgIpc) is 3.37. The Labute approximate surface area is 171 Å². The van der Waals surface area contributed by atoms with E-state index in [9.17, 15) is 15.0 Å². The predicted octanol–water partition coefficient (Wildman–Crippen LogP) is -0.993. The number of ether oxygens (including phenoxy) is 2. The van der Waals surface area contributed by atoms with Gasteiger partial charge in [0.15, 0.2) is 17.7 Å².